The predicted molar refractivity (Wildman–Crippen MR) is 391 cm³/mol. The van der Waals surface area contributed by atoms with Crippen LogP contribution in [0.25, 0.3) is 11.1 Å². The van der Waals surface area contributed by atoms with Gasteiger partial charge in [0, 0.05) is 31.2 Å². The van der Waals surface area contributed by atoms with Gasteiger partial charge in [-0.05, 0) is 152 Å². The number of methoxy groups -OCH3 is 4. The van der Waals surface area contributed by atoms with Gasteiger partial charge in [0.15, 0.2) is 0 Å². The molecule has 8 atom stereocenters. The van der Waals surface area contributed by atoms with Gasteiger partial charge in [-0.15, -0.1) is 0 Å². The average Bonchev–Trinajstić information content (AvgIpc) is 1.60. The van der Waals surface area contributed by atoms with Gasteiger partial charge in [-0.3, -0.25) is 38.4 Å². The van der Waals surface area contributed by atoms with E-state index in [1.165, 1.54) is 37.9 Å². The molecule has 4 saturated carbocycles. The lowest BCUT2D eigenvalue weighted by Gasteiger charge is -2.34. The van der Waals surface area contributed by atoms with Crippen LogP contribution >= 0.6 is 15.9 Å². The predicted octanol–water partition coefficient (Wildman–Crippen LogP) is 5.98. The second-order valence-electron chi connectivity index (χ2n) is 28.6. The Morgan fingerprint density at radius 1 is 0.481 bits per heavy atom. The second-order valence-corrected chi connectivity index (χ2v) is 29.5. The topological polar surface area (TPSA) is 345 Å². The summed E-state index contributed by atoms with van der Waals surface area (Å²) in [6.45, 7) is 10.3. The Balaban J connectivity index is 0.000000231. The van der Waals surface area contributed by atoms with E-state index in [1.807, 2.05) is 88.4 Å². The van der Waals surface area contributed by atoms with Crippen molar-refractivity contribution in [1.82, 2.24) is 41.7 Å². The lowest BCUT2D eigenvalue weighted by Crippen LogP contribution is -2.60. The second kappa shape index (κ2) is 37.3. The number of carbonyl (C=O) groups excluding carboxylic acids is 10. The fourth-order valence-electron chi connectivity index (χ4n) is 14.0. The minimum Gasteiger partial charge on any atom is -0.497 e. The first-order valence-electron chi connectivity index (χ1n) is 36.0. The van der Waals surface area contributed by atoms with Crippen LogP contribution in [0, 0.1) is 23.7 Å². The van der Waals surface area contributed by atoms with Gasteiger partial charge in [-0.2, -0.15) is 0 Å². The molecule has 4 aromatic rings. The Labute approximate surface area is 617 Å². The standard InChI is InChI=1S/C38H50N4O8.C31H43BrN4O7.C7H9BO3/c1-23(2)32(40-35(45)33(39-24(3)43)27-9-7-6-8-10-27)36(46)42-22-30(21-31(42)34(44)41-38(19-20-38)37(47)49-5)50-29-17-13-26(14-18-29)25-11-15-28(48-4)16-12-25;1-18(2)25(34-28(39)26(33-19(3)37)20-8-6-5-7-9-20)29(40)36-17-23(43-22-12-10-21(32)11-13-22)16-24(36)27(38)35-31(14-15-31)30(41)42-4;1-11-7-4-2-6(3-5-7)8(9)10/h11-18,23,27,30-33H,6-10,19-22H2,1-5H3,(H,39,43)(H,40,45)(H,41,44);10-13,18,20,23-26H,5-9,14-17H2,1-4H3,(H,33,37)(H,34,39)(H,35,38);2-5,9-10H,1H3/t30-,31?,32-,33+;23-,24?,25-,26+;/m00./s1. The lowest BCUT2D eigenvalue weighted by atomic mass is 9.80. The molecule has 26 nitrogen and oxygen atoms in total. The third-order valence-corrected chi connectivity index (χ3v) is 20.7. The fourth-order valence-corrected chi connectivity index (χ4v) is 14.3. The van der Waals surface area contributed by atoms with Gasteiger partial charge < -0.3 is 80.2 Å². The molecule has 6 aliphatic rings. The zero-order valence-corrected chi connectivity index (χ0v) is 62.8. The summed E-state index contributed by atoms with van der Waals surface area (Å²) >= 11 is 3.41. The molecular weight excluding hydrogens is 1400 g/mol. The lowest BCUT2D eigenvalue weighted by molar-refractivity contribution is -0.148. The molecule has 2 unspecified atom stereocenters. The molecule has 6 fully saturated rings. The third kappa shape index (κ3) is 21.7. The molecule has 104 heavy (non-hydrogen) atoms. The van der Waals surface area contributed by atoms with Crippen LogP contribution in [-0.4, -0.2) is 187 Å². The maximum Gasteiger partial charge on any atom is 0.488 e. The molecule has 564 valence electrons. The summed E-state index contributed by atoms with van der Waals surface area (Å²) in [6, 6.07) is 23.9. The van der Waals surface area contributed by atoms with Crippen LogP contribution < -0.4 is 56.3 Å². The van der Waals surface area contributed by atoms with Gasteiger partial charge in [0.25, 0.3) is 0 Å². The summed E-state index contributed by atoms with van der Waals surface area (Å²) in [4.78, 5) is 135. The molecule has 10 rings (SSSR count). The quantitative estimate of drug-likeness (QED) is 0.0265. The van der Waals surface area contributed by atoms with E-state index in [0.29, 0.717) is 48.4 Å². The van der Waals surface area contributed by atoms with Crippen molar-refractivity contribution < 1.29 is 86.4 Å². The number of esters is 2. The molecule has 4 aromatic carbocycles. The molecule has 2 saturated heterocycles. The molecule has 28 heteroatoms. The van der Waals surface area contributed by atoms with Crippen LogP contribution in [0.15, 0.2) is 102 Å². The maximum atomic E-state index is 14.4. The number of nitrogens with zero attached hydrogens (tertiary/aromatic N) is 2. The zero-order valence-electron chi connectivity index (χ0n) is 61.2. The van der Waals surface area contributed by atoms with Gasteiger partial charge in [0.1, 0.15) is 82.5 Å². The Bertz CT molecular complexity index is 3600. The van der Waals surface area contributed by atoms with Gasteiger partial charge in [0.05, 0.1) is 41.5 Å². The van der Waals surface area contributed by atoms with Crippen LogP contribution in [0.2, 0.25) is 0 Å². The minimum atomic E-state index is -1.40. The van der Waals surface area contributed by atoms with Crippen LogP contribution in [0.5, 0.6) is 23.0 Å². The smallest absolute Gasteiger partial charge is 0.488 e. The number of ether oxygens (including phenoxy) is 6. The van der Waals surface area contributed by atoms with E-state index in [1.54, 1.807) is 50.6 Å². The third-order valence-electron chi connectivity index (χ3n) is 20.2. The number of nitrogens with one attached hydrogen (secondary N) is 6. The van der Waals surface area contributed by atoms with Gasteiger partial charge >= 0.3 is 19.1 Å². The van der Waals surface area contributed by atoms with Crippen molar-refractivity contribution in [2.45, 2.75) is 204 Å². The highest BCUT2D eigenvalue weighted by molar-refractivity contribution is 9.10. The van der Waals surface area contributed by atoms with E-state index < -0.39 is 114 Å². The molecule has 0 bridgehead atoms. The molecule has 0 spiro atoms. The number of rotatable bonds is 26. The summed E-state index contributed by atoms with van der Waals surface area (Å²) in [5, 5.41) is 34.6. The van der Waals surface area contributed by atoms with E-state index in [4.69, 9.17) is 38.5 Å². The molecule has 8 N–H and O–H groups in total. The van der Waals surface area contributed by atoms with Crippen LogP contribution in [0.3, 0.4) is 0 Å². The number of hydrogen-bond donors (Lipinski definition) is 8. The molecular formula is C76H102BBrN8O18. The Morgan fingerprint density at radius 3 is 1.12 bits per heavy atom. The highest BCUT2D eigenvalue weighted by Crippen LogP contribution is 2.40. The largest absolute Gasteiger partial charge is 0.497 e. The van der Waals surface area contributed by atoms with Crippen molar-refractivity contribution in [2.24, 2.45) is 23.7 Å². The summed E-state index contributed by atoms with van der Waals surface area (Å²) < 4.78 is 33.4. The van der Waals surface area contributed by atoms with Crippen molar-refractivity contribution in [1.29, 1.82) is 0 Å². The van der Waals surface area contributed by atoms with Crippen molar-refractivity contribution in [2.75, 3.05) is 41.5 Å². The summed E-state index contributed by atoms with van der Waals surface area (Å²) in [5.41, 5.74) is 0.277. The van der Waals surface area contributed by atoms with E-state index in [2.05, 4.69) is 47.8 Å². The van der Waals surface area contributed by atoms with Gasteiger partial charge in [-0.1, -0.05) is 119 Å². The number of hydrogen-bond acceptors (Lipinski definition) is 18. The number of amides is 8. The fraction of sp³-hybridized carbons (Fsp3) is 0.553. The van der Waals surface area contributed by atoms with E-state index >= 15 is 0 Å². The Kier molecular flexibility index (Phi) is 29.0. The highest BCUT2D eigenvalue weighted by Gasteiger charge is 2.56. The summed E-state index contributed by atoms with van der Waals surface area (Å²) in [6.07, 6.45) is 10.6. The van der Waals surface area contributed by atoms with Crippen molar-refractivity contribution in [3.63, 3.8) is 0 Å². The van der Waals surface area contributed by atoms with E-state index in [-0.39, 0.29) is 61.4 Å². The van der Waals surface area contributed by atoms with Crippen molar-refractivity contribution in [3.8, 4) is 34.1 Å². The highest BCUT2D eigenvalue weighted by atomic mass is 79.9. The number of benzene rings is 4. The number of likely N-dealkylation sites (tertiary alicyclic amines) is 2. The van der Waals surface area contributed by atoms with Crippen molar-refractivity contribution >= 4 is 87.7 Å². The molecule has 0 aromatic heterocycles. The number of carbonyl (C=O) groups is 10. The Hall–Kier alpha value is -8.76. The van der Waals surface area contributed by atoms with Gasteiger partial charge in [0.2, 0.25) is 47.3 Å². The molecule has 4 aliphatic carbocycles. The first-order valence-corrected chi connectivity index (χ1v) is 36.8. The minimum absolute atomic E-state index is 0.0115. The van der Waals surface area contributed by atoms with E-state index in [9.17, 15) is 47.9 Å². The van der Waals surface area contributed by atoms with E-state index in [0.717, 1.165) is 85.6 Å². The molecule has 0 radical (unpaired) electrons. The SMILES string of the molecule is COC(=O)C1(NC(=O)C2C[C@H](Oc3ccc(-c4ccc(OC)cc4)cc3)CN2C(=O)[C@@H](NC(=O)[C@H](NC(C)=O)C2CCCCC2)C(C)C)CC1.COC(=O)C1(NC(=O)C2C[C@H](Oc3ccc(Br)cc3)CN2C(=O)[C@@H](NC(=O)[C@H](NC(C)=O)C2CCCCC2)C(C)C)CC1.COc1ccc(B(O)O)cc1. The summed E-state index contributed by atoms with van der Waals surface area (Å²) in [5.74, 6) is -2.28. The van der Waals surface area contributed by atoms with Crippen LogP contribution in [0.4, 0.5) is 0 Å². The van der Waals surface area contributed by atoms with Crippen LogP contribution in [0.1, 0.15) is 144 Å². The number of halogens is 1. The molecule has 2 aliphatic heterocycles. The normalized spacial score (nSPS) is 20.5. The average molecular weight is 1510 g/mol. The first kappa shape index (κ1) is 80.9. The zero-order chi connectivity index (χ0) is 75.6. The maximum absolute atomic E-state index is 14.4. The molecule has 2 heterocycles. The Morgan fingerprint density at radius 2 is 0.817 bits per heavy atom. The van der Waals surface area contributed by atoms with Crippen LogP contribution in [-0.2, 0) is 57.4 Å². The molecule has 8 amide bonds. The monoisotopic (exact) mass is 1500 g/mol. The van der Waals surface area contributed by atoms with Gasteiger partial charge in [-0.25, -0.2) is 9.59 Å². The first-order chi connectivity index (χ1) is 49.6. The summed E-state index contributed by atoms with van der Waals surface area (Å²) in [7, 11) is 4.34. The van der Waals surface area contributed by atoms with Crippen molar-refractivity contribution in [3.05, 3.63) is 102 Å².